The van der Waals surface area contributed by atoms with Gasteiger partial charge < -0.3 is 5.32 Å². The fraction of sp³-hybridized carbons (Fsp3) is 0.462. The molecule has 0 radical (unpaired) electrons. The SMILES string of the molecule is Cc1cccc(C23CCC2C(=O)NC3)c1. The highest BCUT2D eigenvalue weighted by molar-refractivity contribution is 5.85. The van der Waals surface area contributed by atoms with Gasteiger partial charge in [-0.2, -0.15) is 0 Å². The van der Waals surface area contributed by atoms with E-state index in [2.05, 4.69) is 36.5 Å². The first-order valence-electron chi connectivity index (χ1n) is 5.57. The summed E-state index contributed by atoms with van der Waals surface area (Å²) < 4.78 is 0. The normalized spacial score (nSPS) is 33.1. The molecule has 1 amide bonds. The molecule has 2 heteroatoms. The number of carbonyl (C=O) groups excluding carboxylic acids is 1. The van der Waals surface area contributed by atoms with Gasteiger partial charge in [-0.15, -0.1) is 0 Å². The van der Waals surface area contributed by atoms with Crippen LogP contribution in [0.2, 0.25) is 0 Å². The van der Waals surface area contributed by atoms with Crippen LogP contribution in [0.25, 0.3) is 0 Å². The summed E-state index contributed by atoms with van der Waals surface area (Å²) in [5.41, 5.74) is 2.76. The number of benzene rings is 1. The van der Waals surface area contributed by atoms with Crippen molar-refractivity contribution in [2.45, 2.75) is 25.2 Å². The Kier molecular flexibility index (Phi) is 1.70. The van der Waals surface area contributed by atoms with E-state index >= 15 is 0 Å². The molecule has 0 aromatic heterocycles. The maximum Gasteiger partial charge on any atom is 0.224 e. The van der Waals surface area contributed by atoms with Crippen LogP contribution in [-0.2, 0) is 10.2 Å². The Labute approximate surface area is 89.7 Å². The number of hydrogen-bond donors (Lipinski definition) is 1. The molecule has 3 rings (SSSR count). The molecule has 1 saturated heterocycles. The third-order valence-corrected chi connectivity index (χ3v) is 4.03. The summed E-state index contributed by atoms with van der Waals surface area (Å²) >= 11 is 0. The number of aryl methyl sites for hydroxylation is 1. The van der Waals surface area contributed by atoms with Gasteiger partial charge in [0, 0.05) is 17.9 Å². The average molecular weight is 201 g/mol. The van der Waals surface area contributed by atoms with Gasteiger partial charge in [0.25, 0.3) is 0 Å². The summed E-state index contributed by atoms with van der Waals surface area (Å²) in [4.78, 5) is 11.6. The lowest BCUT2D eigenvalue weighted by molar-refractivity contribution is -0.125. The third-order valence-electron chi connectivity index (χ3n) is 4.03. The molecule has 1 saturated carbocycles. The third kappa shape index (κ3) is 1.08. The summed E-state index contributed by atoms with van der Waals surface area (Å²) in [6.07, 6.45) is 2.21. The van der Waals surface area contributed by atoms with Crippen molar-refractivity contribution in [3.05, 3.63) is 35.4 Å². The van der Waals surface area contributed by atoms with Gasteiger partial charge in [0.2, 0.25) is 5.91 Å². The fourth-order valence-corrected chi connectivity index (χ4v) is 3.00. The first-order chi connectivity index (χ1) is 7.22. The Morgan fingerprint density at radius 3 is 2.93 bits per heavy atom. The van der Waals surface area contributed by atoms with Gasteiger partial charge in [-0.3, -0.25) is 4.79 Å². The van der Waals surface area contributed by atoms with Crippen LogP contribution in [0.5, 0.6) is 0 Å². The van der Waals surface area contributed by atoms with Gasteiger partial charge in [-0.25, -0.2) is 0 Å². The molecule has 1 aliphatic carbocycles. The minimum atomic E-state index is 0.128. The second-order valence-electron chi connectivity index (χ2n) is 4.83. The van der Waals surface area contributed by atoms with Gasteiger partial charge in [0.1, 0.15) is 0 Å². The topological polar surface area (TPSA) is 29.1 Å². The van der Waals surface area contributed by atoms with Crippen LogP contribution < -0.4 is 5.32 Å². The van der Waals surface area contributed by atoms with Gasteiger partial charge in [0.05, 0.1) is 0 Å². The lowest BCUT2D eigenvalue weighted by Gasteiger charge is -2.43. The number of amides is 1. The van der Waals surface area contributed by atoms with Crippen LogP contribution in [0.1, 0.15) is 24.0 Å². The minimum absolute atomic E-state index is 0.128. The molecule has 0 bridgehead atoms. The van der Waals surface area contributed by atoms with Crippen molar-refractivity contribution in [2.75, 3.05) is 6.54 Å². The summed E-state index contributed by atoms with van der Waals surface area (Å²) in [6, 6.07) is 8.60. The van der Waals surface area contributed by atoms with Gasteiger partial charge in [0.15, 0.2) is 0 Å². The van der Waals surface area contributed by atoms with Crippen molar-refractivity contribution in [3.63, 3.8) is 0 Å². The van der Waals surface area contributed by atoms with E-state index in [1.54, 1.807) is 0 Å². The molecular formula is C13H15NO. The zero-order valence-electron chi connectivity index (χ0n) is 8.92. The lowest BCUT2D eigenvalue weighted by Crippen LogP contribution is -2.44. The monoisotopic (exact) mass is 201 g/mol. The number of carbonyl (C=O) groups is 1. The van der Waals surface area contributed by atoms with Gasteiger partial charge in [-0.1, -0.05) is 29.8 Å². The predicted molar refractivity (Wildman–Crippen MR) is 58.6 cm³/mol. The first kappa shape index (κ1) is 8.96. The van der Waals surface area contributed by atoms with Crippen molar-refractivity contribution in [1.82, 2.24) is 5.32 Å². The van der Waals surface area contributed by atoms with E-state index in [4.69, 9.17) is 0 Å². The average Bonchev–Trinajstić information content (AvgIpc) is 2.37. The first-order valence-corrected chi connectivity index (χ1v) is 5.57. The Hall–Kier alpha value is -1.31. The molecular weight excluding hydrogens is 186 g/mol. The van der Waals surface area contributed by atoms with Crippen molar-refractivity contribution in [3.8, 4) is 0 Å². The zero-order chi connectivity index (χ0) is 10.5. The Morgan fingerprint density at radius 1 is 1.47 bits per heavy atom. The van der Waals surface area contributed by atoms with E-state index in [-0.39, 0.29) is 17.2 Å². The highest BCUT2D eigenvalue weighted by Gasteiger charge is 2.55. The highest BCUT2D eigenvalue weighted by Crippen LogP contribution is 2.51. The van der Waals surface area contributed by atoms with Gasteiger partial charge in [-0.05, 0) is 25.3 Å². The standard InChI is InChI=1S/C13H15NO/c1-9-3-2-4-10(7-9)13-6-5-11(13)12(15)14-8-13/h2-4,7,11H,5-6,8H2,1H3,(H,14,15). The van der Waals surface area contributed by atoms with E-state index in [9.17, 15) is 4.79 Å². The molecule has 2 unspecified atom stereocenters. The smallest absolute Gasteiger partial charge is 0.224 e. The van der Waals surface area contributed by atoms with E-state index in [0.29, 0.717) is 0 Å². The molecule has 2 atom stereocenters. The molecule has 1 aromatic carbocycles. The summed E-state index contributed by atoms with van der Waals surface area (Å²) in [5.74, 6) is 0.488. The summed E-state index contributed by atoms with van der Waals surface area (Å²) in [5, 5.41) is 3.00. The van der Waals surface area contributed by atoms with Crippen molar-refractivity contribution in [1.29, 1.82) is 0 Å². The van der Waals surface area contributed by atoms with E-state index in [1.807, 2.05) is 0 Å². The van der Waals surface area contributed by atoms with Crippen LogP contribution >= 0.6 is 0 Å². The molecule has 2 aliphatic rings. The number of nitrogens with one attached hydrogen (secondary N) is 1. The highest BCUT2D eigenvalue weighted by atomic mass is 16.2. The Morgan fingerprint density at radius 2 is 2.33 bits per heavy atom. The van der Waals surface area contributed by atoms with E-state index < -0.39 is 0 Å². The number of fused-ring (bicyclic) bond motifs is 1. The van der Waals surface area contributed by atoms with E-state index in [1.165, 1.54) is 11.1 Å². The molecule has 2 fully saturated rings. The second-order valence-corrected chi connectivity index (χ2v) is 4.83. The second kappa shape index (κ2) is 2.84. The van der Waals surface area contributed by atoms with Crippen molar-refractivity contribution >= 4 is 5.91 Å². The fourth-order valence-electron chi connectivity index (χ4n) is 3.00. The van der Waals surface area contributed by atoms with Crippen LogP contribution in [-0.4, -0.2) is 12.5 Å². The Bertz CT molecular complexity index is 426. The van der Waals surface area contributed by atoms with Gasteiger partial charge >= 0.3 is 0 Å². The lowest BCUT2D eigenvalue weighted by atomic mass is 9.58. The zero-order valence-corrected chi connectivity index (χ0v) is 8.92. The number of rotatable bonds is 1. The summed E-state index contributed by atoms with van der Waals surface area (Å²) in [7, 11) is 0. The van der Waals surface area contributed by atoms with Crippen molar-refractivity contribution in [2.24, 2.45) is 5.92 Å². The Balaban J connectivity index is 2.04. The molecule has 0 spiro atoms. The maximum absolute atomic E-state index is 11.6. The van der Waals surface area contributed by atoms with Crippen LogP contribution in [0.4, 0.5) is 0 Å². The molecule has 1 aromatic rings. The molecule has 1 N–H and O–H groups in total. The van der Waals surface area contributed by atoms with Crippen molar-refractivity contribution < 1.29 is 4.79 Å². The molecule has 15 heavy (non-hydrogen) atoms. The van der Waals surface area contributed by atoms with Crippen LogP contribution in [0.3, 0.4) is 0 Å². The van der Waals surface area contributed by atoms with Crippen LogP contribution in [0, 0.1) is 12.8 Å². The molecule has 2 nitrogen and oxygen atoms in total. The van der Waals surface area contributed by atoms with E-state index in [0.717, 1.165) is 19.4 Å². The largest absolute Gasteiger partial charge is 0.355 e. The summed E-state index contributed by atoms with van der Waals surface area (Å²) in [6.45, 7) is 2.94. The molecule has 1 heterocycles. The van der Waals surface area contributed by atoms with Crippen LogP contribution in [0.15, 0.2) is 24.3 Å². The maximum atomic E-state index is 11.6. The predicted octanol–water partition coefficient (Wildman–Crippen LogP) is 1.77. The molecule has 1 aliphatic heterocycles. The number of hydrogen-bond acceptors (Lipinski definition) is 1. The quantitative estimate of drug-likeness (QED) is 0.737. The molecule has 78 valence electrons. The minimum Gasteiger partial charge on any atom is -0.355 e.